The molecule has 0 spiro atoms. The first-order chi connectivity index (χ1) is 11.3. The van der Waals surface area contributed by atoms with Crippen molar-refractivity contribution in [3.8, 4) is 0 Å². The van der Waals surface area contributed by atoms with Crippen molar-refractivity contribution in [1.82, 2.24) is 0 Å². The van der Waals surface area contributed by atoms with Gasteiger partial charge in [-0.1, -0.05) is 89.7 Å². The van der Waals surface area contributed by atoms with Crippen molar-refractivity contribution in [3.05, 3.63) is 29.3 Å². The molecule has 0 amide bonds. The fourth-order valence-corrected chi connectivity index (χ4v) is 3.13. The maximum Gasteiger partial charge on any atom is 0.0372 e. The average Bonchev–Trinajstić information content (AvgIpc) is 2.55. The van der Waals surface area contributed by atoms with Crippen LogP contribution in [0.25, 0.3) is 0 Å². The molecule has 1 heteroatoms. The molecular weight excluding hydrogens is 278 g/mol. The van der Waals surface area contributed by atoms with E-state index in [4.69, 9.17) is 0 Å². The zero-order valence-corrected chi connectivity index (χ0v) is 15.9. The second kappa shape index (κ2) is 13.5. The molecular formula is C22H39N. The van der Waals surface area contributed by atoms with Crippen molar-refractivity contribution >= 4 is 5.69 Å². The molecule has 0 heterocycles. The molecule has 0 aromatic heterocycles. The molecule has 1 nitrogen and oxygen atoms in total. The SMILES string of the molecule is CCCCCCCCCCCCCCNc1cccc(C)c1C. The molecule has 132 valence electrons. The zero-order chi connectivity index (χ0) is 16.8. The Morgan fingerprint density at radius 2 is 1.22 bits per heavy atom. The Kier molecular flexibility index (Phi) is 11.7. The van der Waals surface area contributed by atoms with Gasteiger partial charge in [-0.25, -0.2) is 0 Å². The molecule has 1 aromatic carbocycles. The molecule has 0 unspecified atom stereocenters. The van der Waals surface area contributed by atoms with Crippen LogP contribution in [0, 0.1) is 13.8 Å². The van der Waals surface area contributed by atoms with Gasteiger partial charge < -0.3 is 5.32 Å². The van der Waals surface area contributed by atoms with E-state index in [0.717, 1.165) is 6.54 Å². The van der Waals surface area contributed by atoms with Crippen molar-refractivity contribution in [3.63, 3.8) is 0 Å². The van der Waals surface area contributed by atoms with Crippen LogP contribution in [0.3, 0.4) is 0 Å². The van der Waals surface area contributed by atoms with E-state index in [1.54, 1.807) is 0 Å². The Bertz CT molecular complexity index is 397. The normalized spacial score (nSPS) is 10.9. The predicted octanol–water partition coefficient (Wildman–Crippen LogP) is 7.42. The van der Waals surface area contributed by atoms with E-state index in [1.807, 2.05) is 0 Å². The van der Waals surface area contributed by atoms with Gasteiger partial charge in [0.05, 0.1) is 0 Å². The van der Waals surface area contributed by atoms with Gasteiger partial charge in [-0.3, -0.25) is 0 Å². The van der Waals surface area contributed by atoms with Crippen molar-refractivity contribution in [2.24, 2.45) is 0 Å². The van der Waals surface area contributed by atoms with Gasteiger partial charge in [-0.2, -0.15) is 0 Å². The summed E-state index contributed by atoms with van der Waals surface area (Å²) in [6.45, 7) is 7.80. The van der Waals surface area contributed by atoms with Gasteiger partial charge in [0.15, 0.2) is 0 Å². The molecule has 0 saturated carbocycles. The number of hydrogen-bond acceptors (Lipinski definition) is 1. The summed E-state index contributed by atoms with van der Waals surface area (Å²) in [6, 6.07) is 6.53. The number of rotatable bonds is 14. The highest BCUT2D eigenvalue weighted by Crippen LogP contribution is 2.18. The smallest absolute Gasteiger partial charge is 0.0372 e. The molecule has 0 aliphatic carbocycles. The van der Waals surface area contributed by atoms with E-state index in [2.05, 4.69) is 44.3 Å². The molecule has 1 rings (SSSR count). The Labute approximate surface area is 145 Å². The van der Waals surface area contributed by atoms with Crippen molar-refractivity contribution in [2.45, 2.75) is 97.8 Å². The minimum Gasteiger partial charge on any atom is -0.385 e. The Hall–Kier alpha value is -0.980. The van der Waals surface area contributed by atoms with Crippen LogP contribution in [0.4, 0.5) is 5.69 Å². The maximum absolute atomic E-state index is 3.59. The topological polar surface area (TPSA) is 12.0 Å². The van der Waals surface area contributed by atoms with Crippen molar-refractivity contribution < 1.29 is 0 Å². The van der Waals surface area contributed by atoms with Crippen LogP contribution in [-0.2, 0) is 0 Å². The van der Waals surface area contributed by atoms with E-state index >= 15 is 0 Å². The first kappa shape index (κ1) is 20.1. The van der Waals surface area contributed by atoms with Gasteiger partial charge in [0.25, 0.3) is 0 Å². The van der Waals surface area contributed by atoms with Gasteiger partial charge >= 0.3 is 0 Å². The standard InChI is InChI=1S/C22H39N/c1-4-5-6-7-8-9-10-11-12-13-14-15-19-23-22-18-16-17-20(2)21(22)3/h16-18,23H,4-15,19H2,1-3H3. The van der Waals surface area contributed by atoms with Crippen LogP contribution in [0.1, 0.15) is 95.1 Å². The molecule has 0 saturated heterocycles. The summed E-state index contributed by atoms with van der Waals surface area (Å²) in [4.78, 5) is 0. The minimum atomic E-state index is 1.11. The zero-order valence-electron chi connectivity index (χ0n) is 15.9. The Balaban J connectivity index is 1.87. The van der Waals surface area contributed by atoms with Crippen molar-refractivity contribution in [1.29, 1.82) is 0 Å². The van der Waals surface area contributed by atoms with Crippen molar-refractivity contribution in [2.75, 3.05) is 11.9 Å². The lowest BCUT2D eigenvalue weighted by Gasteiger charge is -2.11. The predicted molar refractivity (Wildman–Crippen MR) is 105 cm³/mol. The number of unbranched alkanes of at least 4 members (excludes halogenated alkanes) is 11. The largest absolute Gasteiger partial charge is 0.385 e. The number of hydrogen-bond donors (Lipinski definition) is 1. The van der Waals surface area contributed by atoms with Crippen LogP contribution in [0.15, 0.2) is 18.2 Å². The number of nitrogens with one attached hydrogen (secondary N) is 1. The first-order valence-electron chi connectivity index (χ1n) is 10.1. The Morgan fingerprint density at radius 3 is 1.78 bits per heavy atom. The summed E-state index contributed by atoms with van der Waals surface area (Å²) >= 11 is 0. The third-order valence-corrected chi connectivity index (χ3v) is 4.95. The minimum absolute atomic E-state index is 1.11. The molecule has 0 atom stereocenters. The maximum atomic E-state index is 3.59. The lowest BCUT2D eigenvalue weighted by atomic mass is 10.1. The molecule has 0 radical (unpaired) electrons. The lowest BCUT2D eigenvalue weighted by Crippen LogP contribution is -2.03. The van der Waals surface area contributed by atoms with Crippen LogP contribution in [0.5, 0.6) is 0 Å². The first-order valence-corrected chi connectivity index (χ1v) is 10.1. The molecule has 1 N–H and O–H groups in total. The number of aryl methyl sites for hydroxylation is 1. The van der Waals surface area contributed by atoms with Gasteiger partial charge in [0, 0.05) is 12.2 Å². The second-order valence-corrected chi connectivity index (χ2v) is 7.06. The lowest BCUT2D eigenvalue weighted by molar-refractivity contribution is 0.546. The monoisotopic (exact) mass is 317 g/mol. The third kappa shape index (κ3) is 9.69. The third-order valence-electron chi connectivity index (χ3n) is 4.95. The van der Waals surface area contributed by atoms with Gasteiger partial charge in [-0.15, -0.1) is 0 Å². The fraction of sp³-hybridized carbons (Fsp3) is 0.727. The summed E-state index contributed by atoms with van der Waals surface area (Å²) in [5.41, 5.74) is 4.09. The van der Waals surface area contributed by atoms with Gasteiger partial charge in [0.2, 0.25) is 0 Å². The van der Waals surface area contributed by atoms with E-state index in [0.29, 0.717) is 0 Å². The number of benzene rings is 1. The molecule has 23 heavy (non-hydrogen) atoms. The van der Waals surface area contributed by atoms with E-state index < -0.39 is 0 Å². The average molecular weight is 318 g/mol. The number of anilines is 1. The van der Waals surface area contributed by atoms with E-state index in [9.17, 15) is 0 Å². The van der Waals surface area contributed by atoms with E-state index in [-0.39, 0.29) is 0 Å². The van der Waals surface area contributed by atoms with E-state index in [1.165, 1.54) is 93.9 Å². The van der Waals surface area contributed by atoms with Crippen LogP contribution in [0.2, 0.25) is 0 Å². The highest BCUT2D eigenvalue weighted by molar-refractivity contribution is 5.53. The summed E-state index contributed by atoms with van der Waals surface area (Å²) in [5.74, 6) is 0. The Morgan fingerprint density at radius 1 is 0.696 bits per heavy atom. The summed E-state index contributed by atoms with van der Waals surface area (Å²) in [5, 5.41) is 3.59. The molecule has 0 bridgehead atoms. The molecule has 0 aliphatic rings. The summed E-state index contributed by atoms with van der Waals surface area (Å²) < 4.78 is 0. The van der Waals surface area contributed by atoms with Gasteiger partial charge in [0.1, 0.15) is 0 Å². The fourth-order valence-electron chi connectivity index (χ4n) is 3.13. The van der Waals surface area contributed by atoms with Gasteiger partial charge in [-0.05, 0) is 37.5 Å². The molecule has 0 aliphatic heterocycles. The van der Waals surface area contributed by atoms with Crippen LogP contribution in [-0.4, -0.2) is 6.54 Å². The highest BCUT2D eigenvalue weighted by atomic mass is 14.9. The highest BCUT2D eigenvalue weighted by Gasteiger charge is 1.99. The summed E-state index contributed by atoms with van der Waals surface area (Å²) in [6.07, 6.45) is 17.0. The second-order valence-electron chi connectivity index (χ2n) is 7.06. The molecule has 1 aromatic rings. The quantitative estimate of drug-likeness (QED) is 0.352. The molecule has 0 fully saturated rings. The summed E-state index contributed by atoms with van der Waals surface area (Å²) in [7, 11) is 0. The van der Waals surface area contributed by atoms with Crippen LogP contribution >= 0.6 is 0 Å². The van der Waals surface area contributed by atoms with Crippen LogP contribution < -0.4 is 5.32 Å².